The summed E-state index contributed by atoms with van der Waals surface area (Å²) in [4.78, 5) is 0. The lowest BCUT2D eigenvalue weighted by atomic mass is 9.87. The van der Waals surface area contributed by atoms with Crippen LogP contribution >= 0.6 is 0 Å². The SMILES string of the molecule is CO[SiH](OC)C(C)CC(CC(C)[SiH](OC)OC)(CC(C)[SiH](OC)OC)O[SiH3]. The lowest BCUT2D eigenvalue weighted by molar-refractivity contribution is 0.0381. The molecule has 0 N–H and O–H groups in total. The molecule has 0 fully saturated rings. The maximum atomic E-state index is 6.34. The van der Waals surface area contributed by atoms with Crippen LogP contribution in [0, 0.1) is 0 Å². The van der Waals surface area contributed by atoms with Gasteiger partial charge in [0, 0.05) is 42.7 Å². The second-order valence-corrected chi connectivity index (χ2v) is 16.3. The summed E-state index contributed by atoms with van der Waals surface area (Å²) >= 11 is 0. The van der Waals surface area contributed by atoms with Gasteiger partial charge in [0.25, 0.3) is 0 Å². The Morgan fingerprint density at radius 3 is 0.963 bits per heavy atom. The Kier molecular flexibility index (Phi) is 14.9. The van der Waals surface area contributed by atoms with Crippen molar-refractivity contribution >= 4 is 38.3 Å². The molecule has 3 atom stereocenters. The Morgan fingerprint density at radius 1 is 0.593 bits per heavy atom. The third-order valence-corrected chi connectivity index (χ3v) is 12.5. The predicted molar refractivity (Wildman–Crippen MR) is 119 cm³/mol. The van der Waals surface area contributed by atoms with Crippen LogP contribution in [0.2, 0.25) is 16.6 Å². The molecule has 0 saturated heterocycles. The minimum atomic E-state index is -1.74. The van der Waals surface area contributed by atoms with E-state index < -0.39 is 27.9 Å². The molecule has 0 radical (unpaired) electrons. The minimum Gasteiger partial charge on any atom is -0.422 e. The van der Waals surface area contributed by atoms with Crippen molar-refractivity contribution in [2.24, 2.45) is 0 Å². The van der Waals surface area contributed by atoms with Crippen molar-refractivity contribution in [3.05, 3.63) is 0 Å². The summed E-state index contributed by atoms with van der Waals surface area (Å²) in [6.07, 6.45) is 2.69. The lowest BCUT2D eigenvalue weighted by Gasteiger charge is -2.41. The quantitative estimate of drug-likeness (QED) is 0.318. The molecule has 0 aromatic carbocycles. The summed E-state index contributed by atoms with van der Waals surface area (Å²) in [5.41, 5.74) is 0.702. The number of hydrogen-bond acceptors (Lipinski definition) is 7. The molecule has 164 valence electrons. The van der Waals surface area contributed by atoms with Gasteiger partial charge in [-0.3, -0.25) is 0 Å². The standard InChI is InChI=1S/C16H42O7Si4/c1-13(25(17-4)18-5)10-16(23-24,11-14(2)26(19-6)20-7)12-15(3)27(21-8)22-9/h13-15,25-27H,10-12H2,1-9,24H3. The lowest BCUT2D eigenvalue weighted by Crippen LogP contribution is -2.43. The average Bonchev–Trinajstić information content (AvgIpc) is 2.64. The Hall–Kier alpha value is 0.588. The van der Waals surface area contributed by atoms with Gasteiger partial charge in [-0.15, -0.1) is 0 Å². The molecule has 0 bridgehead atoms. The molecule has 0 aliphatic heterocycles. The first-order valence-corrected chi connectivity index (χ1v) is 15.1. The van der Waals surface area contributed by atoms with E-state index in [0.717, 1.165) is 19.3 Å². The second-order valence-electron chi connectivity index (χ2n) is 7.45. The Balaban J connectivity index is 5.58. The molecule has 0 spiro atoms. The highest BCUT2D eigenvalue weighted by molar-refractivity contribution is 6.47. The molecule has 7 nitrogen and oxygen atoms in total. The van der Waals surface area contributed by atoms with E-state index in [1.165, 1.54) is 0 Å². The van der Waals surface area contributed by atoms with Crippen LogP contribution in [0.1, 0.15) is 40.0 Å². The van der Waals surface area contributed by atoms with Crippen LogP contribution < -0.4 is 0 Å². The van der Waals surface area contributed by atoms with E-state index in [0.29, 0.717) is 27.1 Å². The largest absolute Gasteiger partial charge is 0.422 e. The highest BCUT2D eigenvalue weighted by Crippen LogP contribution is 2.41. The molecule has 3 unspecified atom stereocenters. The monoisotopic (exact) mass is 458 g/mol. The summed E-state index contributed by atoms with van der Waals surface area (Å²) in [5.74, 6) is 0. The zero-order valence-corrected chi connectivity index (χ0v) is 24.4. The van der Waals surface area contributed by atoms with Crippen molar-refractivity contribution in [2.75, 3.05) is 42.7 Å². The summed E-state index contributed by atoms with van der Waals surface area (Å²) in [5, 5.41) is 0. The number of hydrogen-bond donors (Lipinski definition) is 0. The average molecular weight is 459 g/mol. The summed E-state index contributed by atoms with van der Waals surface area (Å²) < 4.78 is 40.1. The highest BCUT2D eigenvalue weighted by Gasteiger charge is 2.41. The second kappa shape index (κ2) is 14.6. The van der Waals surface area contributed by atoms with Crippen LogP contribution in [0.25, 0.3) is 0 Å². The van der Waals surface area contributed by atoms with Crippen molar-refractivity contribution in [3.63, 3.8) is 0 Å². The van der Waals surface area contributed by atoms with Crippen LogP contribution in [0.5, 0.6) is 0 Å². The molecule has 0 aliphatic carbocycles. The molecule has 0 aliphatic rings. The van der Waals surface area contributed by atoms with Gasteiger partial charge in [-0.2, -0.15) is 0 Å². The molecule has 0 heterocycles. The third-order valence-electron chi connectivity index (χ3n) is 5.30. The Morgan fingerprint density at radius 2 is 0.815 bits per heavy atom. The zero-order valence-electron chi connectivity index (χ0n) is 18.9. The Labute approximate surface area is 174 Å². The first-order chi connectivity index (χ1) is 12.8. The number of rotatable bonds is 16. The van der Waals surface area contributed by atoms with Gasteiger partial charge in [0.15, 0.2) is 0 Å². The molecule has 0 aromatic heterocycles. The topological polar surface area (TPSA) is 64.6 Å². The molecule has 27 heavy (non-hydrogen) atoms. The van der Waals surface area contributed by atoms with E-state index in [9.17, 15) is 0 Å². The first-order valence-electron chi connectivity index (χ1n) is 9.49. The van der Waals surface area contributed by atoms with Gasteiger partial charge < -0.3 is 31.0 Å². The zero-order chi connectivity index (χ0) is 21.0. The van der Waals surface area contributed by atoms with Crippen LogP contribution in [-0.2, 0) is 31.0 Å². The van der Waals surface area contributed by atoms with Crippen LogP contribution in [0.4, 0.5) is 0 Å². The fourth-order valence-corrected chi connectivity index (χ4v) is 9.96. The van der Waals surface area contributed by atoms with Gasteiger partial charge in [0.2, 0.25) is 0 Å². The first kappa shape index (κ1) is 27.6. The third kappa shape index (κ3) is 8.86. The minimum absolute atomic E-state index is 0.266. The summed E-state index contributed by atoms with van der Waals surface area (Å²) in [7, 11) is 5.89. The van der Waals surface area contributed by atoms with Gasteiger partial charge in [-0.1, -0.05) is 20.8 Å². The van der Waals surface area contributed by atoms with E-state index in [1.54, 1.807) is 42.7 Å². The van der Waals surface area contributed by atoms with Crippen LogP contribution in [0.3, 0.4) is 0 Å². The predicted octanol–water partition coefficient (Wildman–Crippen LogP) is 0.903. The summed E-state index contributed by atoms with van der Waals surface area (Å²) in [6.45, 7) is 6.62. The van der Waals surface area contributed by atoms with Crippen molar-refractivity contribution in [2.45, 2.75) is 62.3 Å². The van der Waals surface area contributed by atoms with Crippen molar-refractivity contribution < 1.29 is 31.0 Å². The molecule has 0 rings (SSSR count). The smallest absolute Gasteiger partial charge is 0.323 e. The van der Waals surface area contributed by atoms with Gasteiger partial charge in [-0.05, 0) is 35.9 Å². The van der Waals surface area contributed by atoms with Crippen molar-refractivity contribution in [3.8, 4) is 0 Å². The van der Waals surface area contributed by atoms with E-state index in [1.807, 2.05) is 0 Å². The fourth-order valence-electron chi connectivity index (χ4n) is 4.23. The molecule has 0 aromatic rings. The van der Waals surface area contributed by atoms with Gasteiger partial charge in [0.05, 0.1) is 5.60 Å². The van der Waals surface area contributed by atoms with Crippen molar-refractivity contribution in [1.82, 2.24) is 0 Å². The molecular weight excluding hydrogens is 417 g/mol. The molecule has 0 saturated carbocycles. The van der Waals surface area contributed by atoms with Gasteiger partial charge in [0.1, 0.15) is 10.5 Å². The van der Waals surface area contributed by atoms with Crippen molar-refractivity contribution in [1.29, 1.82) is 0 Å². The molecule has 11 heteroatoms. The highest BCUT2D eigenvalue weighted by atomic mass is 28.3. The molecule has 0 amide bonds. The Bertz CT molecular complexity index is 318. The van der Waals surface area contributed by atoms with Crippen LogP contribution in [-0.4, -0.2) is 86.6 Å². The van der Waals surface area contributed by atoms with E-state index in [-0.39, 0.29) is 5.60 Å². The van der Waals surface area contributed by atoms with Crippen LogP contribution in [0.15, 0.2) is 0 Å². The van der Waals surface area contributed by atoms with E-state index in [4.69, 9.17) is 31.0 Å². The van der Waals surface area contributed by atoms with Gasteiger partial charge >= 0.3 is 27.9 Å². The summed E-state index contributed by atoms with van der Waals surface area (Å²) in [6, 6.07) is 0. The fraction of sp³-hybridized carbons (Fsp3) is 1.00. The molecular formula is C16H42O7Si4. The van der Waals surface area contributed by atoms with Gasteiger partial charge in [-0.25, -0.2) is 0 Å². The van der Waals surface area contributed by atoms with E-state index >= 15 is 0 Å². The maximum Gasteiger partial charge on any atom is 0.323 e. The van der Waals surface area contributed by atoms with E-state index in [2.05, 4.69) is 20.8 Å². The normalized spacial score (nSPS) is 18.2. The maximum absolute atomic E-state index is 6.34.